The second-order valence-corrected chi connectivity index (χ2v) is 15.6. The van der Waals surface area contributed by atoms with Crippen molar-refractivity contribution in [2.75, 3.05) is 0 Å². The summed E-state index contributed by atoms with van der Waals surface area (Å²) in [5, 5.41) is 18.1. The fourth-order valence-electron chi connectivity index (χ4n) is 6.22. The van der Waals surface area contributed by atoms with Crippen LogP contribution in [0.2, 0.25) is 5.28 Å². The van der Waals surface area contributed by atoms with Gasteiger partial charge < -0.3 is 9.31 Å². The van der Waals surface area contributed by atoms with Crippen molar-refractivity contribution >= 4 is 24.2 Å². The van der Waals surface area contributed by atoms with Gasteiger partial charge >= 0.3 is 7.12 Å². The predicted molar refractivity (Wildman–Crippen MR) is 243 cm³/mol. The van der Waals surface area contributed by atoms with E-state index in [1.54, 1.807) is 12.1 Å². The van der Waals surface area contributed by atoms with E-state index in [2.05, 4.69) is 29.9 Å². The number of halogens is 3. The van der Waals surface area contributed by atoms with E-state index >= 15 is 0 Å². The number of hydrogen-bond acceptors (Lipinski definition) is 10. The molecule has 0 atom stereocenters. The molecule has 3 heterocycles. The first kappa shape index (κ1) is 44.5. The SMILES string of the molecule is CC1(C)OB(c2ccc(F)c(C#N)c2)OC1(C)C.Clc1nc(-c2ccccc2)nc(-c2ccccc2)n1.N#Cc1cc(-c2nc(-c3ccccc3)nc(-c3ccccc3)n2)ccc1F. The van der Waals surface area contributed by atoms with E-state index < -0.39 is 30.0 Å². The van der Waals surface area contributed by atoms with Gasteiger partial charge in [-0.1, -0.05) is 127 Å². The molecule has 8 aromatic rings. The first-order chi connectivity index (χ1) is 30.8. The summed E-state index contributed by atoms with van der Waals surface area (Å²) in [5.74, 6) is 1.49. The maximum Gasteiger partial charge on any atom is 0.494 e. The highest BCUT2D eigenvalue weighted by Gasteiger charge is 2.51. The molecular formula is C50H38BClF2N8O2. The summed E-state index contributed by atoms with van der Waals surface area (Å²) < 4.78 is 38.6. The van der Waals surface area contributed by atoms with Gasteiger partial charge in [0.25, 0.3) is 0 Å². The third-order valence-electron chi connectivity index (χ3n) is 10.4. The Morgan fingerprint density at radius 3 is 1.16 bits per heavy atom. The molecule has 0 radical (unpaired) electrons. The Balaban J connectivity index is 0.000000148. The van der Waals surface area contributed by atoms with Gasteiger partial charge in [0.1, 0.15) is 23.8 Å². The molecule has 0 saturated carbocycles. The Labute approximate surface area is 375 Å². The molecule has 0 bridgehead atoms. The van der Waals surface area contributed by atoms with Gasteiger partial charge in [0, 0.05) is 27.8 Å². The topological polar surface area (TPSA) is 143 Å². The average molecular weight is 867 g/mol. The fourth-order valence-corrected chi connectivity index (χ4v) is 6.38. The summed E-state index contributed by atoms with van der Waals surface area (Å²) >= 11 is 5.99. The van der Waals surface area contributed by atoms with E-state index in [9.17, 15) is 8.78 Å². The monoisotopic (exact) mass is 866 g/mol. The van der Waals surface area contributed by atoms with Gasteiger partial charge in [0.15, 0.2) is 29.1 Å². The molecule has 0 amide bonds. The van der Waals surface area contributed by atoms with Crippen LogP contribution in [0.3, 0.4) is 0 Å². The van der Waals surface area contributed by atoms with Gasteiger partial charge in [0.05, 0.1) is 22.3 Å². The molecule has 0 aliphatic carbocycles. The van der Waals surface area contributed by atoms with Gasteiger partial charge in [-0.2, -0.15) is 20.5 Å². The van der Waals surface area contributed by atoms with Crippen molar-refractivity contribution in [3.63, 3.8) is 0 Å². The highest BCUT2D eigenvalue weighted by atomic mass is 35.5. The van der Waals surface area contributed by atoms with E-state index in [0.717, 1.165) is 22.3 Å². The molecule has 9 rings (SSSR count). The lowest BCUT2D eigenvalue weighted by atomic mass is 9.78. The molecule has 1 fully saturated rings. The van der Waals surface area contributed by atoms with Crippen molar-refractivity contribution in [2.45, 2.75) is 38.9 Å². The van der Waals surface area contributed by atoms with Gasteiger partial charge in [0.2, 0.25) is 5.28 Å². The molecule has 0 N–H and O–H groups in total. The first-order valence-electron chi connectivity index (χ1n) is 20.0. The largest absolute Gasteiger partial charge is 0.494 e. The molecule has 1 aliphatic rings. The number of rotatable bonds is 6. The van der Waals surface area contributed by atoms with Crippen molar-refractivity contribution in [1.29, 1.82) is 10.5 Å². The Hall–Kier alpha value is -7.55. The normalized spacial score (nSPS) is 13.3. The Bertz CT molecular complexity index is 2840. The fraction of sp³-hybridized carbons (Fsp3) is 0.120. The molecule has 6 aromatic carbocycles. The van der Waals surface area contributed by atoms with Crippen LogP contribution in [0.25, 0.3) is 56.9 Å². The predicted octanol–water partition coefficient (Wildman–Crippen LogP) is 10.7. The zero-order valence-corrected chi connectivity index (χ0v) is 35.9. The van der Waals surface area contributed by atoms with E-state index in [1.165, 1.54) is 24.3 Å². The number of nitrogens with zero attached hydrogens (tertiary/aromatic N) is 8. The minimum Gasteiger partial charge on any atom is -0.399 e. The van der Waals surface area contributed by atoms with Crippen molar-refractivity contribution < 1.29 is 18.1 Å². The summed E-state index contributed by atoms with van der Waals surface area (Å²) in [5.41, 5.74) is 3.82. The van der Waals surface area contributed by atoms with Crippen LogP contribution in [0.4, 0.5) is 8.78 Å². The lowest BCUT2D eigenvalue weighted by Crippen LogP contribution is -2.41. The molecule has 1 aliphatic heterocycles. The maximum atomic E-state index is 13.7. The zero-order valence-electron chi connectivity index (χ0n) is 35.1. The minimum absolute atomic E-state index is 0.00205. The highest BCUT2D eigenvalue weighted by molar-refractivity contribution is 6.62. The minimum atomic E-state index is -0.568. The molecule has 14 heteroatoms. The molecular weight excluding hydrogens is 829 g/mol. The molecule has 10 nitrogen and oxygen atoms in total. The highest BCUT2D eigenvalue weighted by Crippen LogP contribution is 2.36. The average Bonchev–Trinajstić information content (AvgIpc) is 3.55. The van der Waals surface area contributed by atoms with Gasteiger partial charge in [-0.15, -0.1) is 0 Å². The quantitative estimate of drug-likeness (QED) is 0.148. The molecule has 64 heavy (non-hydrogen) atoms. The maximum absolute atomic E-state index is 13.7. The van der Waals surface area contributed by atoms with Crippen LogP contribution >= 0.6 is 11.6 Å². The van der Waals surface area contributed by atoms with Crippen LogP contribution in [-0.4, -0.2) is 48.2 Å². The number of benzene rings is 6. The summed E-state index contributed by atoms with van der Waals surface area (Å²) in [6.07, 6.45) is 0. The lowest BCUT2D eigenvalue weighted by Gasteiger charge is -2.32. The van der Waals surface area contributed by atoms with E-state index in [1.807, 2.05) is 161 Å². The van der Waals surface area contributed by atoms with Crippen molar-refractivity contribution in [3.8, 4) is 69.1 Å². The summed E-state index contributed by atoms with van der Waals surface area (Å²) in [4.78, 5) is 26.5. The molecule has 1 saturated heterocycles. The Morgan fingerprint density at radius 1 is 0.453 bits per heavy atom. The molecule has 0 spiro atoms. The third kappa shape index (κ3) is 10.5. The van der Waals surface area contributed by atoms with Crippen LogP contribution < -0.4 is 5.46 Å². The zero-order chi connectivity index (χ0) is 45.3. The van der Waals surface area contributed by atoms with Crippen molar-refractivity contribution in [3.05, 3.63) is 186 Å². The lowest BCUT2D eigenvalue weighted by molar-refractivity contribution is 0.00578. The van der Waals surface area contributed by atoms with E-state index in [4.69, 9.17) is 31.4 Å². The van der Waals surface area contributed by atoms with Crippen LogP contribution in [0.5, 0.6) is 0 Å². The van der Waals surface area contributed by atoms with Crippen LogP contribution in [0, 0.1) is 34.3 Å². The van der Waals surface area contributed by atoms with E-state index in [-0.39, 0.29) is 16.4 Å². The molecule has 2 aromatic heterocycles. The Morgan fingerprint density at radius 2 is 0.781 bits per heavy atom. The standard InChI is InChI=1S/C22H13FN4.C15H10ClN3.C13H15BFNO2/c23-19-12-11-17(13-18(19)14-24)22-26-20(15-7-3-1-4-8-15)25-21(27-22)16-9-5-2-6-10-16;16-15-18-13(11-7-3-1-4-8-11)17-14(19-15)12-9-5-2-6-10-12;1-12(2)13(3,4)18-14(17-12)10-5-6-11(15)9(7-10)8-16/h1-13H;1-10H;5-7H,1-4H3. The second kappa shape index (κ2) is 19.7. The van der Waals surface area contributed by atoms with Crippen molar-refractivity contribution in [1.82, 2.24) is 29.9 Å². The van der Waals surface area contributed by atoms with Gasteiger partial charge in [-0.25, -0.2) is 28.7 Å². The number of hydrogen-bond donors (Lipinski definition) is 0. The van der Waals surface area contributed by atoms with Crippen molar-refractivity contribution in [2.24, 2.45) is 0 Å². The van der Waals surface area contributed by atoms with Gasteiger partial charge in [-0.3, -0.25) is 0 Å². The first-order valence-corrected chi connectivity index (χ1v) is 20.4. The molecule has 314 valence electrons. The summed E-state index contributed by atoms with van der Waals surface area (Å²) in [7, 11) is -0.567. The van der Waals surface area contributed by atoms with Crippen LogP contribution in [0.1, 0.15) is 38.8 Å². The second-order valence-electron chi connectivity index (χ2n) is 15.3. The number of nitriles is 2. The van der Waals surface area contributed by atoms with Crippen LogP contribution in [0.15, 0.2) is 158 Å². The van der Waals surface area contributed by atoms with Crippen LogP contribution in [-0.2, 0) is 9.31 Å². The van der Waals surface area contributed by atoms with Gasteiger partial charge in [-0.05, 0) is 75.1 Å². The third-order valence-corrected chi connectivity index (χ3v) is 10.5. The molecule has 0 unspecified atom stereocenters. The number of aromatic nitrogens is 6. The smallest absolute Gasteiger partial charge is 0.399 e. The Kier molecular flexibility index (Phi) is 13.7. The van der Waals surface area contributed by atoms with E-state index in [0.29, 0.717) is 40.1 Å². The summed E-state index contributed by atoms with van der Waals surface area (Å²) in [6, 6.07) is 50.8. The summed E-state index contributed by atoms with van der Waals surface area (Å²) in [6.45, 7) is 7.78.